The summed E-state index contributed by atoms with van der Waals surface area (Å²) in [7, 11) is 0. The Morgan fingerprint density at radius 1 is 1.12 bits per heavy atom. The Hall–Kier alpha value is -3.06. The summed E-state index contributed by atoms with van der Waals surface area (Å²) in [5.41, 5.74) is 3.70. The molecular weight excluding hydrogens is 316 g/mol. The van der Waals surface area contributed by atoms with Crippen molar-refractivity contribution in [1.82, 2.24) is 24.6 Å². The minimum atomic E-state index is -0.200. The number of anilines is 1. The topological polar surface area (TPSA) is 88.2 Å². The van der Waals surface area contributed by atoms with E-state index >= 15 is 0 Å². The zero-order chi connectivity index (χ0) is 16.8. The number of aliphatic hydroxyl groups is 1. The first kappa shape index (κ1) is 14.3. The molecule has 4 aromatic heterocycles. The first-order chi connectivity index (χ1) is 12.3. The zero-order valence-electron chi connectivity index (χ0n) is 13.4. The third-order valence-corrected chi connectivity index (χ3v) is 4.63. The third-order valence-electron chi connectivity index (χ3n) is 4.63. The lowest BCUT2D eigenvalue weighted by Crippen LogP contribution is -2.39. The zero-order valence-corrected chi connectivity index (χ0v) is 13.4. The minimum absolute atomic E-state index is 0.200. The number of hydrogen-bond donors (Lipinski definition) is 2. The molecule has 124 valence electrons. The van der Waals surface area contributed by atoms with E-state index in [2.05, 4.69) is 31.4 Å². The van der Waals surface area contributed by atoms with E-state index in [1.54, 1.807) is 6.20 Å². The molecule has 1 saturated carbocycles. The van der Waals surface area contributed by atoms with Gasteiger partial charge < -0.3 is 10.4 Å². The van der Waals surface area contributed by atoms with Crippen LogP contribution in [0.15, 0.2) is 49.1 Å². The first-order valence-corrected chi connectivity index (χ1v) is 8.26. The summed E-state index contributed by atoms with van der Waals surface area (Å²) < 4.78 is 1.81. The summed E-state index contributed by atoms with van der Waals surface area (Å²) in [6, 6.07) is 8.25. The molecule has 4 aromatic rings. The predicted octanol–water partition coefficient (Wildman–Crippen LogP) is 2.27. The Balaban J connectivity index is 1.50. The van der Waals surface area contributed by atoms with Crippen LogP contribution in [0, 0.1) is 0 Å². The van der Waals surface area contributed by atoms with Crippen molar-refractivity contribution in [3.05, 3.63) is 49.1 Å². The summed E-state index contributed by atoms with van der Waals surface area (Å²) in [4.78, 5) is 13.1. The highest BCUT2D eigenvalue weighted by Gasteiger charge is 2.27. The second-order valence-electron chi connectivity index (χ2n) is 6.38. The van der Waals surface area contributed by atoms with Gasteiger partial charge in [0, 0.05) is 41.1 Å². The number of fused-ring (bicyclic) bond motifs is 2. The highest BCUT2D eigenvalue weighted by atomic mass is 16.3. The average Bonchev–Trinajstić information content (AvgIpc) is 3.03. The van der Waals surface area contributed by atoms with E-state index < -0.39 is 0 Å². The third kappa shape index (κ3) is 2.49. The second-order valence-corrected chi connectivity index (χ2v) is 6.38. The summed E-state index contributed by atoms with van der Waals surface area (Å²) in [5.74, 6) is 0.576. The van der Waals surface area contributed by atoms with E-state index in [-0.39, 0.29) is 12.1 Å². The van der Waals surface area contributed by atoms with Gasteiger partial charge in [-0.2, -0.15) is 0 Å². The van der Waals surface area contributed by atoms with Gasteiger partial charge in [-0.25, -0.2) is 19.5 Å². The number of aromatic nitrogens is 5. The molecule has 0 aromatic carbocycles. The number of hydrogen-bond acceptors (Lipinski definition) is 6. The van der Waals surface area contributed by atoms with E-state index in [9.17, 15) is 5.11 Å². The SMILES string of the molecule is OC1CC(Nc2ncc3c(-c4cnc5ncccc5c4)ccn3n2)C1. The highest BCUT2D eigenvalue weighted by molar-refractivity contribution is 5.86. The Kier molecular flexibility index (Phi) is 3.14. The Labute approximate surface area is 143 Å². The van der Waals surface area contributed by atoms with Crippen molar-refractivity contribution in [2.24, 2.45) is 0 Å². The first-order valence-electron chi connectivity index (χ1n) is 8.26. The van der Waals surface area contributed by atoms with Crippen LogP contribution >= 0.6 is 0 Å². The lowest BCUT2D eigenvalue weighted by atomic mass is 9.90. The van der Waals surface area contributed by atoms with Crippen LogP contribution in [0.2, 0.25) is 0 Å². The van der Waals surface area contributed by atoms with Crippen LogP contribution in [0.3, 0.4) is 0 Å². The molecule has 4 heterocycles. The van der Waals surface area contributed by atoms with Crippen molar-refractivity contribution in [1.29, 1.82) is 0 Å². The molecule has 2 N–H and O–H groups in total. The van der Waals surface area contributed by atoms with Crippen LogP contribution in [0.25, 0.3) is 27.7 Å². The minimum Gasteiger partial charge on any atom is -0.393 e. The van der Waals surface area contributed by atoms with Crippen molar-refractivity contribution in [3.63, 3.8) is 0 Å². The molecule has 25 heavy (non-hydrogen) atoms. The quantitative estimate of drug-likeness (QED) is 0.598. The molecule has 1 fully saturated rings. The molecule has 0 bridgehead atoms. The molecule has 0 amide bonds. The lowest BCUT2D eigenvalue weighted by molar-refractivity contribution is 0.0833. The molecule has 1 aliphatic carbocycles. The van der Waals surface area contributed by atoms with Gasteiger partial charge in [0.1, 0.15) is 0 Å². The Morgan fingerprint density at radius 3 is 2.92 bits per heavy atom. The number of aliphatic hydroxyl groups excluding tert-OH is 1. The maximum atomic E-state index is 9.38. The van der Waals surface area contributed by atoms with Gasteiger partial charge in [-0.3, -0.25) is 0 Å². The van der Waals surface area contributed by atoms with Gasteiger partial charge in [0.15, 0.2) is 5.65 Å². The van der Waals surface area contributed by atoms with Crippen LogP contribution in [-0.2, 0) is 0 Å². The van der Waals surface area contributed by atoms with Gasteiger partial charge in [-0.05, 0) is 37.1 Å². The predicted molar refractivity (Wildman–Crippen MR) is 94.2 cm³/mol. The molecule has 1 aliphatic rings. The van der Waals surface area contributed by atoms with Crippen LogP contribution in [0.4, 0.5) is 5.95 Å². The maximum Gasteiger partial charge on any atom is 0.241 e. The molecule has 0 unspecified atom stereocenters. The molecule has 7 heteroatoms. The molecule has 0 spiro atoms. The van der Waals surface area contributed by atoms with Crippen molar-refractivity contribution in [2.45, 2.75) is 25.0 Å². The Bertz CT molecular complexity index is 1070. The molecule has 0 aliphatic heterocycles. The van der Waals surface area contributed by atoms with Crippen molar-refractivity contribution in [3.8, 4) is 11.1 Å². The average molecular weight is 332 g/mol. The van der Waals surface area contributed by atoms with E-state index in [4.69, 9.17) is 0 Å². The van der Waals surface area contributed by atoms with Crippen molar-refractivity contribution in [2.75, 3.05) is 5.32 Å². The van der Waals surface area contributed by atoms with E-state index in [0.29, 0.717) is 5.95 Å². The van der Waals surface area contributed by atoms with Gasteiger partial charge in [0.05, 0.1) is 17.8 Å². The van der Waals surface area contributed by atoms with Crippen LogP contribution in [0.1, 0.15) is 12.8 Å². The largest absolute Gasteiger partial charge is 0.393 e. The molecule has 7 nitrogen and oxygen atoms in total. The summed E-state index contributed by atoms with van der Waals surface area (Å²) in [5, 5.41) is 18.1. The van der Waals surface area contributed by atoms with Crippen LogP contribution in [-0.4, -0.2) is 41.8 Å². The normalized spacial score (nSPS) is 19.9. The van der Waals surface area contributed by atoms with Crippen molar-refractivity contribution >= 4 is 22.5 Å². The number of nitrogens with one attached hydrogen (secondary N) is 1. The van der Waals surface area contributed by atoms with E-state index in [0.717, 1.165) is 40.5 Å². The Morgan fingerprint density at radius 2 is 2.04 bits per heavy atom. The van der Waals surface area contributed by atoms with Gasteiger partial charge in [0.2, 0.25) is 5.95 Å². The van der Waals surface area contributed by atoms with Gasteiger partial charge in [0.25, 0.3) is 0 Å². The van der Waals surface area contributed by atoms with Gasteiger partial charge >= 0.3 is 0 Å². The fourth-order valence-corrected chi connectivity index (χ4v) is 3.21. The van der Waals surface area contributed by atoms with Gasteiger partial charge in [-0.15, -0.1) is 5.10 Å². The molecule has 0 saturated heterocycles. The summed E-state index contributed by atoms with van der Waals surface area (Å²) in [6.07, 6.45) is 8.59. The standard InChI is InChI=1S/C18H16N6O/c25-14-7-13(8-14)22-18-21-10-16-15(3-5-24(16)23-18)12-6-11-2-1-4-19-17(11)20-9-12/h1-6,9-10,13-14,25H,7-8H2,(H,22,23). The molecule has 5 rings (SSSR count). The van der Waals surface area contributed by atoms with Crippen molar-refractivity contribution < 1.29 is 5.11 Å². The summed E-state index contributed by atoms with van der Waals surface area (Å²) in [6.45, 7) is 0. The molecular formula is C18H16N6O. The number of nitrogens with zero attached hydrogens (tertiary/aromatic N) is 5. The maximum absolute atomic E-state index is 9.38. The van der Waals surface area contributed by atoms with Crippen LogP contribution < -0.4 is 5.32 Å². The monoisotopic (exact) mass is 332 g/mol. The fraction of sp³-hybridized carbons (Fsp3) is 0.222. The van der Waals surface area contributed by atoms with Gasteiger partial charge in [-0.1, -0.05) is 0 Å². The number of pyridine rings is 2. The van der Waals surface area contributed by atoms with Crippen LogP contribution in [0.5, 0.6) is 0 Å². The number of rotatable bonds is 3. The van der Waals surface area contributed by atoms with E-state index in [1.165, 1.54) is 0 Å². The second kappa shape index (κ2) is 5.49. The van der Waals surface area contributed by atoms with E-state index in [1.807, 2.05) is 41.3 Å². The fourth-order valence-electron chi connectivity index (χ4n) is 3.21. The smallest absolute Gasteiger partial charge is 0.241 e. The molecule has 0 radical (unpaired) electrons. The lowest BCUT2D eigenvalue weighted by Gasteiger charge is -2.31. The highest BCUT2D eigenvalue weighted by Crippen LogP contribution is 2.27. The molecule has 0 atom stereocenters. The summed E-state index contributed by atoms with van der Waals surface area (Å²) >= 11 is 0.